The molecule has 37 heavy (non-hydrogen) atoms. The van der Waals surface area contributed by atoms with E-state index in [9.17, 15) is 9.59 Å². The maximum absolute atomic E-state index is 15.4. The van der Waals surface area contributed by atoms with Crippen molar-refractivity contribution in [2.45, 2.75) is 75.8 Å². The molecule has 1 aliphatic carbocycles. The van der Waals surface area contributed by atoms with E-state index in [1.54, 1.807) is 25.9 Å². The summed E-state index contributed by atoms with van der Waals surface area (Å²) in [5.41, 5.74) is 1.85. The summed E-state index contributed by atoms with van der Waals surface area (Å²) in [5, 5.41) is 7.54. The van der Waals surface area contributed by atoms with Gasteiger partial charge in [-0.3, -0.25) is 19.6 Å². The highest BCUT2D eigenvalue weighted by Crippen LogP contribution is 2.36. The Bertz CT molecular complexity index is 1130. The highest BCUT2D eigenvalue weighted by molar-refractivity contribution is 6.02. The van der Waals surface area contributed by atoms with E-state index in [1.165, 1.54) is 6.07 Å². The number of carbonyl (C=O) groups excluding carboxylic acids is 2. The molecule has 0 spiro atoms. The Morgan fingerprint density at radius 1 is 1.00 bits per heavy atom. The van der Waals surface area contributed by atoms with Crippen LogP contribution in [0.4, 0.5) is 10.1 Å². The zero-order valence-electron chi connectivity index (χ0n) is 21.9. The number of nitrogens with zero attached hydrogens (tertiary/aromatic N) is 3. The molecule has 1 aromatic carbocycles. The molecule has 3 fully saturated rings. The predicted molar refractivity (Wildman–Crippen MR) is 136 cm³/mol. The fourth-order valence-electron chi connectivity index (χ4n) is 6.23. The van der Waals surface area contributed by atoms with Crippen molar-refractivity contribution < 1.29 is 28.2 Å². The third-order valence-corrected chi connectivity index (χ3v) is 8.25. The van der Waals surface area contributed by atoms with Crippen molar-refractivity contribution in [1.29, 1.82) is 0 Å². The third kappa shape index (κ3) is 5.37. The van der Waals surface area contributed by atoms with Gasteiger partial charge in [0, 0.05) is 52.1 Å². The number of rotatable bonds is 7. The Labute approximate surface area is 216 Å². The minimum atomic E-state index is -0.551. The molecule has 2 aliphatic heterocycles. The fraction of sp³-hybridized carbons (Fsp3) is 0.667. The Kier molecular flexibility index (Phi) is 7.78. The number of ether oxygens (including phenoxy) is 3. The number of anilines is 1. The summed E-state index contributed by atoms with van der Waals surface area (Å²) in [6.07, 6.45) is 6.73. The number of benzene rings is 1. The lowest BCUT2D eigenvalue weighted by Gasteiger charge is -2.38. The van der Waals surface area contributed by atoms with Gasteiger partial charge in [-0.2, -0.15) is 5.10 Å². The van der Waals surface area contributed by atoms with Crippen molar-refractivity contribution in [3.8, 4) is 0 Å². The van der Waals surface area contributed by atoms with Crippen molar-refractivity contribution in [3.63, 3.8) is 0 Å². The van der Waals surface area contributed by atoms with Gasteiger partial charge in [-0.1, -0.05) is 0 Å². The number of hydrogen-bond donors (Lipinski definition) is 1. The van der Waals surface area contributed by atoms with Crippen molar-refractivity contribution in [2.75, 3.05) is 32.2 Å². The van der Waals surface area contributed by atoms with E-state index in [4.69, 9.17) is 14.2 Å². The van der Waals surface area contributed by atoms with Crippen LogP contribution in [-0.2, 0) is 30.8 Å². The molecule has 10 heteroatoms. The summed E-state index contributed by atoms with van der Waals surface area (Å²) in [6.45, 7) is 1.44. The second kappa shape index (κ2) is 11.0. The Balaban J connectivity index is 1.21. The molecule has 2 saturated heterocycles. The second-order valence-electron chi connectivity index (χ2n) is 10.5. The molecular weight excluding hydrogens is 479 g/mol. The van der Waals surface area contributed by atoms with Crippen LogP contribution in [0.5, 0.6) is 0 Å². The van der Waals surface area contributed by atoms with Crippen LogP contribution in [0.25, 0.3) is 10.9 Å². The molecule has 3 aliphatic rings. The molecule has 3 heterocycles. The first kappa shape index (κ1) is 26.1. The van der Waals surface area contributed by atoms with Crippen molar-refractivity contribution in [3.05, 3.63) is 23.6 Å². The summed E-state index contributed by atoms with van der Waals surface area (Å²) >= 11 is 0. The van der Waals surface area contributed by atoms with Gasteiger partial charge in [-0.05, 0) is 57.1 Å². The molecule has 2 aromatic rings. The first-order valence-electron chi connectivity index (χ1n) is 13.3. The number of halogens is 1. The third-order valence-electron chi connectivity index (χ3n) is 8.25. The largest absolute Gasteiger partial charge is 0.375 e. The summed E-state index contributed by atoms with van der Waals surface area (Å²) in [4.78, 5) is 26.0. The van der Waals surface area contributed by atoms with Gasteiger partial charge in [0.1, 0.15) is 5.82 Å². The molecule has 1 aromatic heterocycles. The van der Waals surface area contributed by atoms with Gasteiger partial charge in [-0.15, -0.1) is 0 Å². The number of methoxy groups -OCH3 is 2. The molecule has 1 unspecified atom stereocenters. The van der Waals surface area contributed by atoms with Crippen LogP contribution >= 0.6 is 0 Å². The number of imide groups is 1. The van der Waals surface area contributed by atoms with Gasteiger partial charge in [0.2, 0.25) is 11.8 Å². The van der Waals surface area contributed by atoms with E-state index in [2.05, 4.69) is 15.3 Å². The van der Waals surface area contributed by atoms with Gasteiger partial charge in [0.25, 0.3) is 0 Å². The summed E-state index contributed by atoms with van der Waals surface area (Å²) < 4.78 is 34.4. The van der Waals surface area contributed by atoms with E-state index in [-0.39, 0.29) is 42.6 Å². The van der Waals surface area contributed by atoms with Gasteiger partial charge in [0.05, 0.1) is 35.0 Å². The van der Waals surface area contributed by atoms with Crippen LogP contribution in [0.1, 0.15) is 63.0 Å². The lowest BCUT2D eigenvalue weighted by atomic mass is 9.86. The number of piperidine rings is 2. The first-order chi connectivity index (χ1) is 17.9. The normalized spacial score (nSPS) is 25.8. The van der Waals surface area contributed by atoms with Crippen molar-refractivity contribution >= 4 is 28.4 Å². The van der Waals surface area contributed by atoms with E-state index in [0.717, 1.165) is 57.1 Å². The van der Waals surface area contributed by atoms with Crippen molar-refractivity contribution in [2.24, 2.45) is 13.0 Å². The number of fused-ring (bicyclic) bond motifs is 1. The zero-order chi connectivity index (χ0) is 26.1. The Morgan fingerprint density at radius 2 is 1.68 bits per heavy atom. The van der Waals surface area contributed by atoms with Crippen LogP contribution in [0.2, 0.25) is 0 Å². The topological polar surface area (TPSA) is 94.9 Å². The molecule has 5 rings (SSSR count). The van der Waals surface area contributed by atoms with Crippen LogP contribution in [0.3, 0.4) is 0 Å². The Morgan fingerprint density at radius 3 is 2.32 bits per heavy atom. The van der Waals surface area contributed by atoms with E-state index in [1.807, 2.05) is 6.07 Å². The molecule has 1 saturated carbocycles. The van der Waals surface area contributed by atoms with Crippen molar-refractivity contribution in [1.82, 2.24) is 15.1 Å². The lowest BCUT2D eigenvalue weighted by Crippen LogP contribution is -2.40. The van der Waals surface area contributed by atoms with Crippen LogP contribution in [0.15, 0.2) is 12.1 Å². The standard InChI is InChI=1S/C27H37FN4O5/c1-31-22-15-23(21(28)14-20(22)25(30-31)19-8-9-24(33)29-26(19)34)32-12-10-18(11-13-32)37-17-6-4-16(5-7-17)27(35-2)36-3/h14-19,27H,4-13H2,1-3H3,(H,29,33,34). The number of aromatic nitrogens is 2. The second-order valence-corrected chi connectivity index (χ2v) is 10.5. The number of amides is 2. The number of hydrogen-bond acceptors (Lipinski definition) is 7. The lowest BCUT2D eigenvalue weighted by molar-refractivity contribution is -0.153. The highest BCUT2D eigenvalue weighted by Gasteiger charge is 2.33. The van der Waals surface area contributed by atoms with Gasteiger partial charge in [0.15, 0.2) is 6.29 Å². The molecule has 9 nitrogen and oxygen atoms in total. The van der Waals surface area contributed by atoms with Gasteiger partial charge in [-0.25, -0.2) is 4.39 Å². The van der Waals surface area contributed by atoms with Gasteiger partial charge >= 0.3 is 0 Å². The molecular formula is C27H37FN4O5. The minimum absolute atomic E-state index is 0.143. The van der Waals surface area contributed by atoms with E-state index in [0.29, 0.717) is 29.1 Å². The van der Waals surface area contributed by atoms with E-state index < -0.39 is 5.92 Å². The Hall–Kier alpha value is -2.56. The average molecular weight is 517 g/mol. The minimum Gasteiger partial charge on any atom is -0.375 e. The quantitative estimate of drug-likeness (QED) is 0.445. The molecule has 2 amide bonds. The summed E-state index contributed by atoms with van der Waals surface area (Å²) in [5.74, 6) is -1.10. The zero-order valence-corrected chi connectivity index (χ0v) is 21.9. The highest BCUT2D eigenvalue weighted by atomic mass is 19.1. The summed E-state index contributed by atoms with van der Waals surface area (Å²) in [7, 11) is 5.18. The predicted octanol–water partition coefficient (Wildman–Crippen LogP) is 3.40. The number of aryl methyl sites for hydroxylation is 1. The molecule has 1 N–H and O–H groups in total. The van der Waals surface area contributed by atoms with E-state index >= 15 is 4.39 Å². The smallest absolute Gasteiger partial charge is 0.235 e. The number of nitrogens with one attached hydrogen (secondary N) is 1. The average Bonchev–Trinajstić information content (AvgIpc) is 3.20. The molecule has 0 bridgehead atoms. The molecule has 202 valence electrons. The fourth-order valence-corrected chi connectivity index (χ4v) is 6.23. The molecule has 1 atom stereocenters. The SMILES string of the molecule is COC(OC)C1CCC(OC2CCN(c3cc4c(cc3F)c(C3CCC(=O)NC3=O)nn4C)CC2)CC1. The number of carbonyl (C=O) groups is 2. The maximum atomic E-state index is 15.4. The van der Waals surface area contributed by atoms with Crippen LogP contribution in [0, 0.1) is 11.7 Å². The summed E-state index contributed by atoms with van der Waals surface area (Å²) in [6, 6.07) is 3.32. The molecule has 0 radical (unpaired) electrons. The van der Waals surface area contributed by atoms with Crippen LogP contribution < -0.4 is 10.2 Å². The first-order valence-corrected chi connectivity index (χ1v) is 13.3. The maximum Gasteiger partial charge on any atom is 0.235 e. The van der Waals surface area contributed by atoms with Gasteiger partial charge < -0.3 is 19.1 Å². The van der Waals surface area contributed by atoms with Crippen LogP contribution in [-0.4, -0.2) is 67.4 Å². The monoisotopic (exact) mass is 516 g/mol.